The molecule has 0 bridgehead atoms. The lowest BCUT2D eigenvalue weighted by atomic mass is 10.4. The molecule has 23 heavy (non-hydrogen) atoms. The van der Waals surface area contributed by atoms with Crippen LogP contribution in [0.3, 0.4) is 0 Å². The molecule has 0 radical (unpaired) electrons. The van der Waals surface area contributed by atoms with Crippen molar-refractivity contribution in [1.29, 1.82) is 0 Å². The molecule has 0 aromatic heterocycles. The largest absolute Gasteiger partial charge is 0.0695 e. The van der Waals surface area contributed by atoms with Gasteiger partial charge in [0.25, 0.3) is 0 Å². The molecule has 0 aliphatic heterocycles. The van der Waals surface area contributed by atoms with Gasteiger partial charge >= 0.3 is 0 Å². The van der Waals surface area contributed by atoms with Gasteiger partial charge in [0.05, 0.1) is 0 Å². The highest BCUT2D eigenvalue weighted by Crippen LogP contribution is 2.44. The fourth-order valence-corrected chi connectivity index (χ4v) is 21.6. The quantitative estimate of drug-likeness (QED) is 0.458. The molecule has 0 amide bonds. The third kappa shape index (κ3) is 5.14. The van der Waals surface area contributed by atoms with Crippen LogP contribution in [0.1, 0.15) is 0 Å². The van der Waals surface area contributed by atoms with Crippen LogP contribution in [0.5, 0.6) is 0 Å². The smallest absolute Gasteiger partial charge is 0.0451 e. The molecular weight excluding hydrogens is 327 g/mol. The molecule has 0 aliphatic carbocycles. The Hall–Kier alpha value is -0.696. The highest BCUT2D eigenvalue weighted by molar-refractivity contribution is 7.73. The van der Waals surface area contributed by atoms with E-state index in [1.165, 1.54) is 16.8 Å². The summed E-state index contributed by atoms with van der Waals surface area (Å²) in [7, 11) is -2.59. The molecule has 0 unspecified atom stereocenters. The predicted octanol–water partition coefficient (Wildman–Crippen LogP) is 5.71. The van der Waals surface area contributed by atoms with Gasteiger partial charge < -0.3 is 0 Å². The summed E-state index contributed by atoms with van der Waals surface area (Å²) in [6, 6.07) is 22.4. The number of hydrogen-bond donors (Lipinski definition) is 0. The summed E-state index contributed by atoms with van der Waals surface area (Å²) in [5.41, 5.74) is 0. The molecule has 0 nitrogen and oxygen atoms in total. The van der Waals surface area contributed by atoms with E-state index in [0.29, 0.717) is 0 Å². The van der Waals surface area contributed by atoms with E-state index in [2.05, 4.69) is 99.9 Å². The van der Waals surface area contributed by atoms with Gasteiger partial charge in [-0.15, -0.1) is 0 Å². The zero-order valence-electron chi connectivity index (χ0n) is 15.5. The lowest BCUT2D eigenvalue weighted by Crippen LogP contribution is -2.46. The standard InChI is InChI=1S/C20H31PSi2/c1-22(2,3)20(23(4,5)6)17-21(18-13-9-7-10-14-18)19-15-11-8-12-16-19/h7-16,20H,17H2,1-6H3. The number of rotatable bonds is 6. The van der Waals surface area contributed by atoms with Gasteiger partial charge in [-0.05, 0) is 29.9 Å². The Morgan fingerprint density at radius 1 is 0.652 bits per heavy atom. The molecule has 0 fully saturated rings. The predicted molar refractivity (Wildman–Crippen MR) is 114 cm³/mol. The zero-order chi connectivity index (χ0) is 17.1. The van der Waals surface area contributed by atoms with E-state index in [4.69, 9.17) is 0 Å². The van der Waals surface area contributed by atoms with Crippen LogP contribution >= 0.6 is 7.92 Å². The minimum Gasteiger partial charge on any atom is -0.0695 e. The van der Waals surface area contributed by atoms with E-state index < -0.39 is 16.1 Å². The average molecular weight is 359 g/mol. The van der Waals surface area contributed by atoms with Crippen molar-refractivity contribution in [3.8, 4) is 0 Å². The fourth-order valence-electron chi connectivity index (χ4n) is 3.61. The topological polar surface area (TPSA) is 0 Å². The SMILES string of the molecule is C[Si](C)(C)C(CP(c1ccccc1)c1ccccc1)[Si](C)(C)C. The first-order valence-corrected chi connectivity index (χ1v) is 17.3. The van der Waals surface area contributed by atoms with Crippen LogP contribution < -0.4 is 10.6 Å². The summed E-state index contributed by atoms with van der Waals surface area (Å²) < 4.78 is 0. The van der Waals surface area contributed by atoms with Crippen molar-refractivity contribution in [1.82, 2.24) is 0 Å². The molecule has 0 heterocycles. The minimum absolute atomic E-state index is 0.249. The van der Waals surface area contributed by atoms with Gasteiger partial charge in [0, 0.05) is 16.1 Å². The normalized spacial score (nSPS) is 12.9. The maximum atomic E-state index is 2.57. The van der Waals surface area contributed by atoms with Crippen molar-refractivity contribution in [2.24, 2.45) is 0 Å². The van der Waals surface area contributed by atoms with Crippen LogP contribution in [0.2, 0.25) is 44.4 Å². The molecule has 0 N–H and O–H groups in total. The maximum absolute atomic E-state index is 2.57. The number of hydrogen-bond acceptors (Lipinski definition) is 0. The first-order valence-electron chi connectivity index (χ1n) is 8.57. The molecule has 0 spiro atoms. The molecule has 0 saturated heterocycles. The van der Waals surface area contributed by atoms with Gasteiger partial charge in [0.2, 0.25) is 0 Å². The average Bonchev–Trinajstić information content (AvgIpc) is 2.47. The highest BCUT2D eigenvalue weighted by atomic mass is 31.1. The second-order valence-corrected chi connectivity index (χ2v) is 22.3. The zero-order valence-corrected chi connectivity index (χ0v) is 18.4. The van der Waals surface area contributed by atoms with Crippen LogP contribution in [0.25, 0.3) is 0 Å². The number of benzene rings is 2. The first-order chi connectivity index (χ1) is 10.7. The van der Waals surface area contributed by atoms with Crippen molar-refractivity contribution in [2.45, 2.75) is 44.4 Å². The third-order valence-electron chi connectivity index (χ3n) is 4.59. The Balaban J connectivity index is 2.42. The molecule has 0 saturated carbocycles. The lowest BCUT2D eigenvalue weighted by Gasteiger charge is -2.40. The Kier molecular flexibility index (Phi) is 6.05. The summed E-state index contributed by atoms with van der Waals surface area (Å²) in [4.78, 5) is 0. The van der Waals surface area contributed by atoms with Crippen molar-refractivity contribution in [2.75, 3.05) is 6.16 Å². The van der Waals surface area contributed by atoms with Gasteiger partial charge in [0.15, 0.2) is 0 Å². The van der Waals surface area contributed by atoms with Gasteiger partial charge in [-0.25, -0.2) is 0 Å². The van der Waals surface area contributed by atoms with Crippen molar-refractivity contribution in [3.63, 3.8) is 0 Å². The van der Waals surface area contributed by atoms with E-state index in [9.17, 15) is 0 Å². The molecule has 0 atom stereocenters. The fraction of sp³-hybridized carbons (Fsp3) is 0.400. The summed E-state index contributed by atoms with van der Waals surface area (Å²) >= 11 is 0. The van der Waals surface area contributed by atoms with Crippen molar-refractivity contribution >= 4 is 34.7 Å². The van der Waals surface area contributed by atoms with Crippen LogP contribution in [0.15, 0.2) is 60.7 Å². The summed E-state index contributed by atoms with van der Waals surface area (Å²) in [5.74, 6) is 0. The Labute approximate surface area is 146 Å². The van der Waals surface area contributed by atoms with Crippen molar-refractivity contribution < 1.29 is 0 Å². The highest BCUT2D eigenvalue weighted by Gasteiger charge is 2.39. The van der Waals surface area contributed by atoms with Crippen LogP contribution in [-0.4, -0.2) is 22.3 Å². The molecule has 0 aliphatic rings. The van der Waals surface area contributed by atoms with E-state index in [1.54, 1.807) is 0 Å². The monoisotopic (exact) mass is 358 g/mol. The van der Waals surface area contributed by atoms with E-state index in [1.807, 2.05) is 0 Å². The first kappa shape index (κ1) is 18.6. The minimum atomic E-state index is -1.17. The second-order valence-electron chi connectivity index (χ2n) is 8.57. The van der Waals surface area contributed by atoms with Crippen molar-refractivity contribution in [3.05, 3.63) is 60.7 Å². The van der Waals surface area contributed by atoms with Crippen LogP contribution in [-0.2, 0) is 0 Å². The van der Waals surface area contributed by atoms with E-state index >= 15 is 0 Å². The second kappa shape index (κ2) is 7.46. The summed E-state index contributed by atoms with van der Waals surface area (Å²) in [5, 5.41) is 4.02. The third-order valence-corrected chi connectivity index (χ3v) is 17.6. The molecule has 2 aromatic rings. The Morgan fingerprint density at radius 2 is 1.00 bits per heavy atom. The summed E-state index contributed by atoms with van der Waals surface area (Å²) in [6.07, 6.45) is 1.37. The Bertz CT molecular complexity index is 544. The van der Waals surface area contributed by atoms with Gasteiger partial charge in [-0.1, -0.05) is 99.9 Å². The van der Waals surface area contributed by atoms with E-state index in [0.717, 1.165) is 5.16 Å². The molecule has 3 heteroatoms. The molecule has 2 rings (SSSR count). The summed E-state index contributed by atoms with van der Waals surface area (Å²) in [6.45, 7) is 15.4. The maximum Gasteiger partial charge on any atom is 0.0451 e. The van der Waals surface area contributed by atoms with Gasteiger partial charge in [-0.2, -0.15) is 0 Å². The van der Waals surface area contributed by atoms with Gasteiger partial charge in [-0.3, -0.25) is 0 Å². The molecule has 124 valence electrons. The van der Waals surface area contributed by atoms with E-state index in [-0.39, 0.29) is 7.92 Å². The Morgan fingerprint density at radius 3 is 1.30 bits per heavy atom. The lowest BCUT2D eigenvalue weighted by molar-refractivity contribution is 1.19. The van der Waals surface area contributed by atoms with Crippen LogP contribution in [0.4, 0.5) is 0 Å². The molecular formula is C20H31PSi2. The molecule has 2 aromatic carbocycles. The van der Waals surface area contributed by atoms with Crippen LogP contribution in [0, 0.1) is 0 Å². The van der Waals surface area contributed by atoms with Gasteiger partial charge in [0.1, 0.15) is 0 Å².